The maximum Gasteiger partial charge on any atom is 0.0291 e. The van der Waals surface area contributed by atoms with Crippen molar-refractivity contribution in [3.8, 4) is 0 Å². The van der Waals surface area contributed by atoms with Crippen molar-refractivity contribution in [1.82, 2.24) is 0 Å². The number of hydrogen-bond acceptors (Lipinski definition) is 1. The molecule has 1 unspecified atom stereocenters. The Hall–Kier alpha value is 0.630. The third-order valence-corrected chi connectivity index (χ3v) is 3.81. The zero-order chi connectivity index (χ0) is 8.69. The zero-order valence-electron chi connectivity index (χ0n) is 7.31. The van der Waals surface area contributed by atoms with Gasteiger partial charge in [-0.25, -0.2) is 0 Å². The number of halogens is 1. The summed E-state index contributed by atoms with van der Waals surface area (Å²) in [5, 5.41) is 1.40. The van der Waals surface area contributed by atoms with Crippen LogP contribution in [0.4, 0.5) is 0 Å². The first-order valence-electron chi connectivity index (χ1n) is 4.11. The molecule has 0 spiro atoms. The molecule has 0 radical (unpaired) electrons. The molecule has 0 saturated heterocycles. The first-order valence-corrected chi connectivity index (χ1v) is 6.62. The van der Waals surface area contributed by atoms with Crippen LogP contribution < -0.4 is 0 Å². The minimum atomic E-state index is -0.591. The molecular weight excluding hydrogens is 224 g/mol. The molecule has 1 nitrogen and oxygen atoms in total. The Labute approximate surface area is 80.5 Å². The highest BCUT2D eigenvalue weighted by Crippen LogP contribution is 2.02. The number of unbranched alkanes of at least 4 members (excludes halogenated alkanes) is 2. The van der Waals surface area contributed by atoms with E-state index in [0.29, 0.717) is 5.25 Å². The van der Waals surface area contributed by atoms with Gasteiger partial charge in [0.15, 0.2) is 0 Å². The molecule has 0 saturated carbocycles. The van der Waals surface area contributed by atoms with Crippen LogP contribution in [-0.4, -0.2) is 20.5 Å². The largest absolute Gasteiger partial charge is 0.259 e. The second kappa shape index (κ2) is 7.29. The SMILES string of the molecule is CC(C)S(=O)CCCCCBr. The lowest BCUT2D eigenvalue weighted by Gasteiger charge is -2.03. The van der Waals surface area contributed by atoms with Crippen molar-refractivity contribution in [1.29, 1.82) is 0 Å². The molecule has 0 fully saturated rings. The van der Waals surface area contributed by atoms with Crippen LogP contribution in [0.2, 0.25) is 0 Å². The minimum Gasteiger partial charge on any atom is -0.259 e. The number of rotatable bonds is 6. The molecule has 1 atom stereocenters. The molecule has 0 N–H and O–H groups in total. The number of alkyl halides is 1. The Morgan fingerprint density at radius 2 is 1.91 bits per heavy atom. The van der Waals surface area contributed by atoms with Crippen molar-refractivity contribution < 1.29 is 4.21 Å². The third kappa shape index (κ3) is 7.01. The average Bonchev–Trinajstić information content (AvgIpc) is 1.97. The first kappa shape index (κ1) is 11.6. The van der Waals surface area contributed by atoms with Gasteiger partial charge in [-0.3, -0.25) is 4.21 Å². The van der Waals surface area contributed by atoms with E-state index in [1.165, 1.54) is 12.8 Å². The van der Waals surface area contributed by atoms with Gasteiger partial charge in [-0.05, 0) is 12.8 Å². The maximum absolute atomic E-state index is 11.2. The van der Waals surface area contributed by atoms with Crippen molar-refractivity contribution in [2.24, 2.45) is 0 Å². The highest BCUT2D eigenvalue weighted by atomic mass is 79.9. The molecule has 0 heterocycles. The van der Waals surface area contributed by atoms with Gasteiger partial charge in [0.25, 0.3) is 0 Å². The van der Waals surface area contributed by atoms with Crippen LogP contribution in [0.3, 0.4) is 0 Å². The van der Waals surface area contributed by atoms with Crippen LogP contribution in [0.5, 0.6) is 0 Å². The highest BCUT2D eigenvalue weighted by Gasteiger charge is 2.03. The average molecular weight is 241 g/mol. The molecule has 0 aliphatic carbocycles. The molecular formula is C8H17BrOS. The third-order valence-electron chi connectivity index (χ3n) is 1.50. The molecule has 68 valence electrons. The normalized spacial score (nSPS) is 13.8. The summed E-state index contributed by atoms with van der Waals surface area (Å²) in [4.78, 5) is 0. The van der Waals surface area contributed by atoms with E-state index in [2.05, 4.69) is 15.9 Å². The lowest BCUT2D eigenvalue weighted by atomic mass is 10.3. The predicted molar refractivity (Wildman–Crippen MR) is 55.8 cm³/mol. The topological polar surface area (TPSA) is 17.1 Å². The predicted octanol–water partition coefficient (Wildman–Crippen LogP) is 2.71. The van der Waals surface area contributed by atoms with Gasteiger partial charge >= 0.3 is 0 Å². The monoisotopic (exact) mass is 240 g/mol. The molecule has 0 aromatic heterocycles. The minimum absolute atomic E-state index is 0.332. The summed E-state index contributed by atoms with van der Waals surface area (Å²) >= 11 is 3.37. The first-order chi connectivity index (χ1) is 5.18. The Morgan fingerprint density at radius 1 is 1.27 bits per heavy atom. The van der Waals surface area contributed by atoms with E-state index in [0.717, 1.165) is 17.5 Å². The molecule has 0 aliphatic heterocycles. The second-order valence-corrected chi connectivity index (χ2v) is 5.79. The number of hydrogen-bond donors (Lipinski definition) is 0. The highest BCUT2D eigenvalue weighted by molar-refractivity contribution is 9.09. The fourth-order valence-electron chi connectivity index (χ4n) is 0.751. The van der Waals surface area contributed by atoms with Crippen molar-refractivity contribution in [3.63, 3.8) is 0 Å². The van der Waals surface area contributed by atoms with Crippen LogP contribution >= 0.6 is 15.9 Å². The van der Waals surface area contributed by atoms with Crippen molar-refractivity contribution in [2.45, 2.75) is 38.4 Å². The Morgan fingerprint density at radius 3 is 2.36 bits per heavy atom. The molecule has 0 aliphatic rings. The fourth-order valence-corrected chi connectivity index (χ4v) is 2.11. The zero-order valence-corrected chi connectivity index (χ0v) is 9.71. The lowest BCUT2D eigenvalue weighted by molar-refractivity contribution is 0.670. The van der Waals surface area contributed by atoms with E-state index in [4.69, 9.17) is 0 Å². The van der Waals surface area contributed by atoms with Gasteiger partial charge in [-0.1, -0.05) is 36.2 Å². The van der Waals surface area contributed by atoms with E-state index in [1.54, 1.807) is 0 Å². The molecule has 11 heavy (non-hydrogen) atoms. The summed E-state index contributed by atoms with van der Waals surface area (Å²) in [5.41, 5.74) is 0. The Kier molecular flexibility index (Phi) is 7.71. The van der Waals surface area contributed by atoms with Gasteiger partial charge in [0.2, 0.25) is 0 Å². The molecule has 0 amide bonds. The standard InChI is InChI=1S/C8H17BrOS/c1-8(2)11(10)7-5-3-4-6-9/h8H,3-7H2,1-2H3. The summed E-state index contributed by atoms with van der Waals surface area (Å²) in [6.07, 6.45) is 3.51. The van der Waals surface area contributed by atoms with E-state index in [1.807, 2.05) is 13.8 Å². The summed E-state index contributed by atoms with van der Waals surface area (Å²) in [6.45, 7) is 4.03. The van der Waals surface area contributed by atoms with Crippen molar-refractivity contribution in [3.05, 3.63) is 0 Å². The Balaban J connectivity index is 3.18. The second-order valence-electron chi connectivity index (χ2n) is 2.88. The molecule has 0 aromatic rings. The quantitative estimate of drug-likeness (QED) is 0.516. The van der Waals surface area contributed by atoms with Gasteiger partial charge in [0, 0.05) is 27.1 Å². The Bertz CT molecular complexity index is 115. The van der Waals surface area contributed by atoms with Crippen LogP contribution in [0.1, 0.15) is 33.1 Å². The van der Waals surface area contributed by atoms with Gasteiger partial charge in [-0.15, -0.1) is 0 Å². The van der Waals surface area contributed by atoms with Gasteiger partial charge in [-0.2, -0.15) is 0 Å². The summed E-state index contributed by atoms with van der Waals surface area (Å²) in [7, 11) is -0.591. The molecule has 0 rings (SSSR count). The van der Waals surface area contributed by atoms with Gasteiger partial charge in [0.05, 0.1) is 0 Å². The lowest BCUT2D eigenvalue weighted by Crippen LogP contribution is -2.09. The van der Waals surface area contributed by atoms with Crippen molar-refractivity contribution in [2.75, 3.05) is 11.1 Å². The summed E-state index contributed by atoms with van der Waals surface area (Å²) < 4.78 is 11.2. The molecule has 3 heteroatoms. The van der Waals surface area contributed by atoms with E-state index in [-0.39, 0.29) is 0 Å². The van der Waals surface area contributed by atoms with E-state index in [9.17, 15) is 4.21 Å². The van der Waals surface area contributed by atoms with Gasteiger partial charge < -0.3 is 0 Å². The van der Waals surface area contributed by atoms with Crippen molar-refractivity contribution >= 4 is 26.7 Å². The maximum atomic E-state index is 11.2. The molecule has 0 aromatic carbocycles. The molecule has 0 bridgehead atoms. The summed E-state index contributed by atoms with van der Waals surface area (Å²) in [5.74, 6) is 0.880. The fraction of sp³-hybridized carbons (Fsp3) is 1.00. The van der Waals surface area contributed by atoms with E-state index < -0.39 is 10.8 Å². The van der Waals surface area contributed by atoms with E-state index >= 15 is 0 Å². The van der Waals surface area contributed by atoms with Crippen LogP contribution in [-0.2, 0) is 10.8 Å². The van der Waals surface area contributed by atoms with Gasteiger partial charge in [0.1, 0.15) is 0 Å². The smallest absolute Gasteiger partial charge is 0.0291 e. The van der Waals surface area contributed by atoms with Crippen LogP contribution in [0.15, 0.2) is 0 Å². The van der Waals surface area contributed by atoms with Crippen LogP contribution in [0.25, 0.3) is 0 Å². The van der Waals surface area contributed by atoms with Crippen LogP contribution in [0, 0.1) is 0 Å². The summed E-state index contributed by atoms with van der Waals surface area (Å²) in [6, 6.07) is 0.